The van der Waals surface area contributed by atoms with Crippen molar-refractivity contribution in [3.63, 3.8) is 0 Å². The molecule has 2 aromatic carbocycles. The van der Waals surface area contributed by atoms with Gasteiger partial charge in [0, 0.05) is 16.8 Å². The lowest BCUT2D eigenvalue weighted by Crippen LogP contribution is -2.39. The Morgan fingerprint density at radius 2 is 1.95 bits per heavy atom. The molecule has 7 nitrogen and oxygen atoms in total. The number of aromatic nitrogens is 1. The standard InChI is InChI=1S/C27H20Cl2N2O5S/c1-13-24(14(2)32)25(21-9-8-20(36-21)16-5-6-17(28)18(29)12-16)31-26(34)23(37-27(31)30-13)11-15-4-7-19(33)22(10-15)35-3/h4-12,25,33H,1-3H3/b23-11+/t25-/m1/s1. The summed E-state index contributed by atoms with van der Waals surface area (Å²) in [4.78, 5) is 31.4. The Kier molecular flexibility index (Phi) is 6.58. The molecule has 4 aromatic rings. The van der Waals surface area contributed by atoms with Gasteiger partial charge >= 0.3 is 0 Å². The van der Waals surface area contributed by atoms with Gasteiger partial charge in [0.1, 0.15) is 17.6 Å². The maximum atomic E-state index is 13.7. The van der Waals surface area contributed by atoms with E-state index in [0.717, 1.165) is 0 Å². The Labute approximate surface area is 225 Å². The van der Waals surface area contributed by atoms with Crippen molar-refractivity contribution < 1.29 is 19.1 Å². The van der Waals surface area contributed by atoms with Gasteiger partial charge in [0.2, 0.25) is 0 Å². The molecule has 5 rings (SSSR count). The van der Waals surface area contributed by atoms with E-state index in [0.29, 0.717) is 59.0 Å². The van der Waals surface area contributed by atoms with Crippen molar-refractivity contribution in [3.8, 4) is 22.8 Å². The van der Waals surface area contributed by atoms with Crippen LogP contribution in [0.5, 0.6) is 11.5 Å². The maximum absolute atomic E-state index is 13.7. The van der Waals surface area contributed by atoms with Crippen LogP contribution in [-0.2, 0) is 4.79 Å². The molecule has 0 spiro atoms. The van der Waals surface area contributed by atoms with E-state index in [9.17, 15) is 14.7 Å². The quantitative estimate of drug-likeness (QED) is 0.370. The molecule has 0 aliphatic carbocycles. The summed E-state index contributed by atoms with van der Waals surface area (Å²) in [6.45, 7) is 3.19. The predicted octanol–water partition coefficient (Wildman–Crippen LogP) is 5.11. The minimum absolute atomic E-state index is 0.00145. The predicted molar refractivity (Wildman–Crippen MR) is 143 cm³/mol. The fourth-order valence-electron chi connectivity index (χ4n) is 4.28. The zero-order valence-corrected chi connectivity index (χ0v) is 22.2. The summed E-state index contributed by atoms with van der Waals surface area (Å²) in [7, 11) is 1.45. The summed E-state index contributed by atoms with van der Waals surface area (Å²) < 4.78 is 13.2. The number of phenolic OH excluding ortho intramolecular Hbond substituents is 1. The summed E-state index contributed by atoms with van der Waals surface area (Å²) in [5, 5.41) is 10.7. The molecule has 10 heteroatoms. The van der Waals surface area contributed by atoms with E-state index in [4.69, 9.17) is 32.4 Å². The Morgan fingerprint density at radius 1 is 1.16 bits per heavy atom. The number of fused-ring (bicyclic) bond motifs is 1. The molecule has 0 amide bonds. The van der Waals surface area contributed by atoms with Crippen molar-refractivity contribution in [3.05, 3.63) is 101 Å². The number of nitrogens with zero attached hydrogens (tertiary/aromatic N) is 2. The van der Waals surface area contributed by atoms with Gasteiger partial charge in [-0.3, -0.25) is 14.2 Å². The lowest BCUT2D eigenvalue weighted by molar-refractivity contribution is -0.114. The van der Waals surface area contributed by atoms with E-state index < -0.39 is 6.04 Å². The molecular weight excluding hydrogens is 535 g/mol. The van der Waals surface area contributed by atoms with Crippen LogP contribution in [0.25, 0.3) is 17.4 Å². The number of ether oxygens (including phenoxy) is 1. The van der Waals surface area contributed by atoms with Crippen molar-refractivity contribution in [2.45, 2.75) is 19.9 Å². The fourth-order valence-corrected chi connectivity index (χ4v) is 5.62. The van der Waals surface area contributed by atoms with Gasteiger partial charge < -0.3 is 14.3 Å². The van der Waals surface area contributed by atoms with Crippen LogP contribution in [0.15, 0.2) is 74.0 Å². The Bertz CT molecular complexity index is 1780. The highest BCUT2D eigenvalue weighted by Gasteiger charge is 2.33. The maximum Gasteiger partial charge on any atom is 0.271 e. The van der Waals surface area contributed by atoms with E-state index in [1.807, 2.05) is 0 Å². The first-order chi connectivity index (χ1) is 17.7. The first-order valence-electron chi connectivity index (χ1n) is 11.1. The number of thiazole rings is 1. The van der Waals surface area contributed by atoms with Gasteiger partial charge in [-0.05, 0) is 68.0 Å². The number of phenols is 1. The third-order valence-corrected chi connectivity index (χ3v) is 7.72. The van der Waals surface area contributed by atoms with Crippen molar-refractivity contribution >= 4 is 46.4 Å². The zero-order valence-electron chi connectivity index (χ0n) is 19.9. The van der Waals surface area contributed by atoms with Crippen LogP contribution in [0.1, 0.15) is 31.2 Å². The Hall–Kier alpha value is -3.59. The lowest BCUT2D eigenvalue weighted by Gasteiger charge is -2.22. The number of aromatic hydroxyl groups is 1. The molecule has 0 saturated heterocycles. The highest BCUT2D eigenvalue weighted by molar-refractivity contribution is 7.07. The van der Waals surface area contributed by atoms with E-state index >= 15 is 0 Å². The molecule has 0 bridgehead atoms. The summed E-state index contributed by atoms with van der Waals surface area (Å²) >= 11 is 13.4. The highest BCUT2D eigenvalue weighted by atomic mass is 35.5. The van der Waals surface area contributed by atoms with Crippen molar-refractivity contribution in [2.75, 3.05) is 7.11 Å². The van der Waals surface area contributed by atoms with Crippen LogP contribution in [0.3, 0.4) is 0 Å². The topological polar surface area (TPSA) is 94.0 Å². The van der Waals surface area contributed by atoms with Crippen LogP contribution < -0.4 is 19.6 Å². The van der Waals surface area contributed by atoms with Gasteiger partial charge in [-0.15, -0.1) is 0 Å². The molecule has 188 valence electrons. The van der Waals surface area contributed by atoms with Crippen LogP contribution in [0, 0.1) is 0 Å². The number of carbonyl (C=O) groups excluding carboxylic acids is 1. The van der Waals surface area contributed by atoms with E-state index in [2.05, 4.69) is 4.99 Å². The first-order valence-corrected chi connectivity index (χ1v) is 12.7. The van der Waals surface area contributed by atoms with E-state index in [1.165, 1.54) is 36.0 Å². The lowest BCUT2D eigenvalue weighted by atomic mass is 9.98. The fraction of sp³-hybridized carbons (Fsp3) is 0.148. The molecule has 3 heterocycles. The molecule has 0 fully saturated rings. The second-order valence-electron chi connectivity index (χ2n) is 8.40. The second-order valence-corrected chi connectivity index (χ2v) is 10.2. The number of halogens is 2. The minimum Gasteiger partial charge on any atom is -0.504 e. The van der Waals surface area contributed by atoms with Gasteiger partial charge in [-0.1, -0.05) is 40.6 Å². The largest absolute Gasteiger partial charge is 0.504 e. The van der Waals surface area contributed by atoms with Gasteiger partial charge in [0.05, 0.1) is 21.7 Å². The number of methoxy groups -OCH3 is 1. The molecule has 0 radical (unpaired) electrons. The number of benzene rings is 2. The molecule has 1 aliphatic rings. The first kappa shape index (κ1) is 25.1. The van der Waals surface area contributed by atoms with Gasteiger partial charge in [0.15, 0.2) is 22.1 Å². The molecule has 1 atom stereocenters. The molecule has 1 aliphatic heterocycles. The molecule has 1 N–H and O–H groups in total. The third-order valence-electron chi connectivity index (χ3n) is 6.00. The number of ketones is 1. The number of furan rings is 1. The molecule has 2 aromatic heterocycles. The van der Waals surface area contributed by atoms with E-state index in [1.54, 1.807) is 55.5 Å². The third kappa shape index (κ3) is 4.52. The molecule has 37 heavy (non-hydrogen) atoms. The van der Waals surface area contributed by atoms with Crippen LogP contribution in [-0.4, -0.2) is 22.6 Å². The summed E-state index contributed by atoms with van der Waals surface area (Å²) in [6, 6.07) is 12.7. The SMILES string of the molecule is COc1cc(/C=c2/sc3n(c2=O)[C@H](c2ccc(-c4ccc(Cl)c(Cl)c4)o2)C(C(C)=O)=C(C)N=3)ccc1O. The minimum atomic E-state index is -0.790. The summed E-state index contributed by atoms with van der Waals surface area (Å²) in [5.41, 5.74) is 1.95. The van der Waals surface area contributed by atoms with Crippen LogP contribution >= 0.6 is 34.5 Å². The molecular formula is C27H20Cl2N2O5S. The average molecular weight is 555 g/mol. The zero-order chi connectivity index (χ0) is 26.4. The summed E-state index contributed by atoms with van der Waals surface area (Å²) in [5.74, 6) is 1.01. The van der Waals surface area contributed by atoms with Crippen LogP contribution in [0.4, 0.5) is 0 Å². The van der Waals surface area contributed by atoms with Gasteiger partial charge in [-0.2, -0.15) is 0 Å². The van der Waals surface area contributed by atoms with E-state index in [-0.39, 0.29) is 17.1 Å². The molecule has 0 saturated carbocycles. The van der Waals surface area contributed by atoms with Crippen molar-refractivity contribution in [1.82, 2.24) is 4.57 Å². The van der Waals surface area contributed by atoms with Gasteiger partial charge in [-0.25, -0.2) is 4.99 Å². The van der Waals surface area contributed by atoms with Crippen molar-refractivity contribution in [2.24, 2.45) is 4.99 Å². The second kappa shape index (κ2) is 9.70. The number of carbonyl (C=O) groups is 1. The van der Waals surface area contributed by atoms with Crippen LogP contribution in [0.2, 0.25) is 10.0 Å². The number of Topliss-reactive ketones (excluding diaryl/α,β-unsaturated/α-hetero) is 1. The summed E-state index contributed by atoms with van der Waals surface area (Å²) in [6.07, 6.45) is 1.69. The Morgan fingerprint density at radius 3 is 2.65 bits per heavy atom. The van der Waals surface area contributed by atoms with Crippen molar-refractivity contribution in [1.29, 1.82) is 0 Å². The number of hydrogen-bond acceptors (Lipinski definition) is 7. The smallest absolute Gasteiger partial charge is 0.271 e. The normalized spacial score (nSPS) is 15.5. The average Bonchev–Trinajstić information content (AvgIpc) is 3.46. The number of hydrogen-bond donors (Lipinski definition) is 1. The monoisotopic (exact) mass is 554 g/mol. The number of rotatable bonds is 5. The molecule has 0 unspecified atom stereocenters. The van der Waals surface area contributed by atoms with Gasteiger partial charge in [0.25, 0.3) is 5.56 Å². The Balaban J connectivity index is 1.67. The highest BCUT2D eigenvalue weighted by Crippen LogP contribution is 2.35. The number of allylic oxidation sites excluding steroid dienone is 2.